The molecule has 2 heterocycles. The maximum atomic E-state index is 12.8. The molecule has 4 nitrogen and oxygen atoms in total. The summed E-state index contributed by atoms with van der Waals surface area (Å²) in [5, 5.41) is 9.69. The number of amides is 1. The SMILES string of the molecule is Cc1cc(Br)oc1C(=O)N1CCCC(O)(C(F)(F)F)C1. The zero-order chi connectivity index (χ0) is 15.1. The van der Waals surface area contributed by atoms with Gasteiger partial charge in [-0.25, -0.2) is 0 Å². The van der Waals surface area contributed by atoms with E-state index < -0.39 is 30.7 Å². The summed E-state index contributed by atoms with van der Waals surface area (Å²) >= 11 is 3.06. The van der Waals surface area contributed by atoms with E-state index in [1.807, 2.05) is 0 Å². The Hall–Kier alpha value is -1.02. The molecule has 1 aromatic rings. The van der Waals surface area contributed by atoms with Crippen LogP contribution in [0.4, 0.5) is 13.2 Å². The molecule has 20 heavy (non-hydrogen) atoms. The predicted molar refractivity (Wildman–Crippen MR) is 67.3 cm³/mol. The minimum absolute atomic E-state index is 0.0108. The third kappa shape index (κ3) is 2.71. The molecule has 0 spiro atoms. The third-order valence-electron chi connectivity index (χ3n) is 3.37. The lowest BCUT2D eigenvalue weighted by atomic mass is 9.92. The number of nitrogens with zero attached hydrogens (tertiary/aromatic N) is 1. The molecular weight excluding hydrogens is 343 g/mol. The maximum Gasteiger partial charge on any atom is 0.418 e. The summed E-state index contributed by atoms with van der Waals surface area (Å²) in [6.07, 6.45) is -5.07. The highest BCUT2D eigenvalue weighted by Gasteiger charge is 2.56. The molecule has 112 valence electrons. The Balaban J connectivity index is 2.21. The number of aliphatic hydroxyl groups is 1. The van der Waals surface area contributed by atoms with Gasteiger partial charge in [0.15, 0.2) is 16.0 Å². The van der Waals surface area contributed by atoms with Crippen LogP contribution in [0.3, 0.4) is 0 Å². The second-order valence-electron chi connectivity index (χ2n) is 4.92. The van der Waals surface area contributed by atoms with E-state index in [0.717, 1.165) is 4.90 Å². The summed E-state index contributed by atoms with van der Waals surface area (Å²) in [4.78, 5) is 13.2. The first-order chi connectivity index (χ1) is 9.14. The summed E-state index contributed by atoms with van der Waals surface area (Å²) in [5.74, 6) is -0.654. The van der Waals surface area contributed by atoms with E-state index in [1.54, 1.807) is 13.0 Å². The van der Waals surface area contributed by atoms with E-state index in [-0.39, 0.29) is 18.7 Å². The Morgan fingerprint density at radius 1 is 1.55 bits per heavy atom. The van der Waals surface area contributed by atoms with E-state index in [0.29, 0.717) is 10.2 Å². The molecule has 1 aromatic heterocycles. The highest BCUT2D eigenvalue weighted by Crippen LogP contribution is 2.37. The first kappa shape index (κ1) is 15.4. The van der Waals surface area contributed by atoms with Crippen LogP contribution in [0.5, 0.6) is 0 Å². The van der Waals surface area contributed by atoms with Crippen LogP contribution < -0.4 is 0 Å². The summed E-state index contributed by atoms with van der Waals surface area (Å²) in [6.45, 7) is 1.02. The molecule has 8 heteroatoms. The summed E-state index contributed by atoms with van der Waals surface area (Å²) in [6, 6.07) is 1.56. The Morgan fingerprint density at radius 2 is 2.20 bits per heavy atom. The number of carbonyl (C=O) groups is 1. The molecule has 1 aliphatic rings. The van der Waals surface area contributed by atoms with Crippen molar-refractivity contribution >= 4 is 21.8 Å². The summed E-state index contributed by atoms with van der Waals surface area (Å²) in [5.41, 5.74) is -2.32. The van der Waals surface area contributed by atoms with Crippen LogP contribution in [0.1, 0.15) is 29.0 Å². The van der Waals surface area contributed by atoms with E-state index >= 15 is 0 Å². The zero-order valence-electron chi connectivity index (χ0n) is 10.6. The standard InChI is InChI=1S/C12H13BrF3NO3/c1-7-5-8(13)20-9(7)10(18)17-4-2-3-11(19,6-17)12(14,15)16/h5,19H,2-4,6H2,1H3. The van der Waals surface area contributed by atoms with Gasteiger partial charge in [0.2, 0.25) is 0 Å². The second-order valence-corrected chi connectivity index (χ2v) is 5.70. The first-order valence-electron chi connectivity index (χ1n) is 5.98. The lowest BCUT2D eigenvalue weighted by Crippen LogP contribution is -2.58. The number of furan rings is 1. The Kier molecular flexibility index (Phi) is 3.90. The monoisotopic (exact) mass is 355 g/mol. The third-order valence-corrected chi connectivity index (χ3v) is 3.76. The molecule has 1 amide bonds. The van der Waals surface area contributed by atoms with Gasteiger partial charge in [-0.1, -0.05) is 0 Å². The summed E-state index contributed by atoms with van der Waals surface area (Å²) < 4.78 is 44.0. The smallest absolute Gasteiger partial charge is 0.418 e. The Bertz CT molecular complexity index is 529. The van der Waals surface area contributed by atoms with Crippen LogP contribution in [0.15, 0.2) is 15.2 Å². The molecule has 0 aromatic carbocycles. The number of hydrogen-bond acceptors (Lipinski definition) is 3. The van der Waals surface area contributed by atoms with Crippen molar-refractivity contribution in [3.8, 4) is 0 Å². The van der Waals surface area contributed by atoms with E-state index in [1.165, 1.54) is 0 Å². The lowest BCUT2D eigenvalue weighted by molar-refractivity contribution is -0.271. The Labute approximate surface area is 121 Å². The number of rotatable bonds is 1. The Morgan fingerprint density at radius 3 is 2.70 bits per heavy atom. The van der Waals surface area contributed by atoms with Crippen LogP contribution in [0, 0.1) is 6.92 Å². The second kappa shape index (κ2) is 5.07. The number of β-amino-alcohol motifs (C(OH)–C–C–N with tert-alkyl or cyclic N) is 1. The normalized spacial score (nSPS) is 24.0. The van der Waals surface area contributed by atoms with Crippen LogP contribution in [-0.4, -0.2) is 40.8 Å². The molecule has 1 saturated heterocycles. The number of hydrogen-bond donors (Lipinski definition) is 1. The molecule has 1 aliphatic heterocycles. The largest absolute Gasteiger partial charge is 0.444 e. The van der Waals surface area contributed by atoms with Gasteiger partial charge in [0, 0.05) is 12.1 Å². The van der Waals surface area contributed by atoms with Crippen LogP contribution in [0.2, 0.25) is 0 Å². The molecule has 2 rings (SSSR count). The van der Waals surface area contributed by atoms with Gasteiger partial charge in [0.25, 0.3) is 5.91 Å². The number of likely N-dealkylation sites (tertiary alicyclic amines) is 1. The fourth-order valence-electron chi connectivity index (χ4n) is 2.24. The predicted octanol–water partition coefficient (Wildman–Crippen LogP) is 2.88. The van der Waals surface area contributed by atoms with Gasteiger partial charge in [-0.2, -0.15) is 13.2 Å². The molecule has 0 saturated carbocycles. The average molecular weight is 356 g/mol. The fraction of sp³-hybridized carbons (Fsp3) is 0.583. The van der Waals surface area contributed by atoms with Crippen molar-refractivity contribution in [3.63, 3.8) is 0 Å². The van der Waals surface area contributed by atoms with Crippen molar-refractivity contribution in [2.24, 2.45) is 0 Å². The van der Waals surface area contributed by atoms with Gasteiger partial charge in [-0.3, -0.25) is 4.79 Å². The highest BCUT2D eigenvalue weighted by molar-refractivity contribution is 9.10. The minimum Gasteiger partial charge on any atom is -0.444 e. The fourth-order valence-corrected chi connectivity index (χ4v) is 2.75. The van der Waals surface area contributed by atoms with Gasteiger partial charge >= 0.3 is 6.18 Å². The van der Waals surface area contributed by atoms with Crippen molar-refractivity contribution in [2.45, 2.75) is 31.5 Å². The van der Waals surface area contributed by atoms with Gasteiger partial charge in [-0.15, -0.1) is 0 Å². The van der Waals surface area contributed by atoms with Crippen molar-refractivity contribution < 1.29 is 27.5 Å². The molecular formula is C12H13BrF3NO3. The topological polar surface area (TPSA) is 53.7 Å². The molecule has 1 fully saturated rings. The lowest BCUT2D eigenvalue weighted by Gasteiger charge is -2.39. The minimum atomic E-state index is -4.76. The van der Waals surface area contributed by atoms with Crippen molar-refractivity contribution in [3.05, 3.63) is 22.1 Å². The quantitative estimate of drug-likeness (QED) is 0.842. The van der Waals surface area contributed by atoms with Crippen LogP contribution >= 0.6 is 15.9 Å². The highest BCUT2D eigenvalue weighted by atomic mass is 79.9. The van der Waals surface area contributed by atoms with E-state index in [9.17, 15) is 23.1 Å². The average Bonchev–Trinajstić information content (AvgIpc) is 2.66. The van der Waals surface area contributed by atoms with Gasteiger partial charge < -0.3 is 14.4 Å². The number of halogens is 4. The molecule has 1 unspecified atom stereocenters. The molecule has 1 N–H and O–H groups in total. The first-order valence-corrected chi connectivity index (χ1v) is 6.78. The van der Waals surface area contributed by atoms with E-state index in [2.05, 4.69) is 15.9 Å². The maximum absolute atomic E-state index is 12.8. The molecule has 1 atom stereocenters. The number of carbonyl (C=O) groups excluding carboxylic acids is 1. The van der Waals surface area contributed by atoms with Gasteiger partial charge in [0.05, 0.1) is 6.54 Å². The molecule has 0 radical (unpaired) electrons. The number of aryl methyl sites for hydroxylation is 1. The molecule has 0 bridgehead atoms. The molecule has 0 aliphatic carbocycles. The van der Waals surface area contributed by atoms with Crippen molar-refractivity contribution in [1.82, 2.24) is 4.90 Å². The van der Waals surface area contributed by atoms with Crippen molar-refractivity contribution in [2.75, 3.05) is 13.1 Å². The number of piperidine rings is 1. The van der Waals surface area contributed by atoms with Crippen LogP contribution in [-0.2, 0) is 0 Å². The van der Waals surface area contributed by atoms with Gasteiger partial charge in [-0.05, 0) is 41.8 Å². The number of alkyl halides is 3. The zero-order valence-corrected chi connectivity index (χ0v) is 12.2. The van der Waals surface area contributed by atoms with E-state index in [4.69, 9.17) is 4.42 Å². The summed E-state index contributed by atoms with van der Waals surface area (Å²) in [7, 11) is 0. The van der Waals surface area contributed by atoms with Crippen LogP contribution in [0.25, 0.3) is 0 Å². The van der Waals surface area contributed by atoms with Gasteiger partial charge in [0.1, 0.15) is 0 Å². The van der Waals surface area contributed by atoms with Crippen molar-refractivity contribution in [1.29, 1.82) is 0 Å².